The van der Waals surface area contributed by atoms with Crippen molar-refractivity contribution in [3.05, 3.63) is 66.2 Å². The summed E-state index contributed by atoms with van der Waals surface area (Å²) in [4.78, 5) is 0. The van der Waals surface area contributed by atoms with Crippen LogP contribution in [0.25, 0.3) is 0 Å². The van der Waals surface area contributed by atoms with Crippen molar-refractivity contribution in [2.24, 2.45) is 0 Å². The standard InChI is InChI=1S/C7H8O3.2C7H8O2/c1-10-7-5(8)3-2-4-6(7)9;1-9-7-4-2-3-6(8)5-7;1-5-6(8)3-2-4-7(5)9/h2-4,8-9H,1H3;2-5,8H,1H3;2-4,8-9H,1H3. The van der Waals surface area contributed by atoms with Crippen molar-refractivity contribution in [2.75, 3.05) is 14.2 Å². The third kappa shape index (κ3) is 6.87. The predicted molar refractivity (Wildman–Crippen MR) is 105 cm³/mol. The van der Waals surface area contributed by atoms with Gasteiger partial charge in [0.1, 0.15) is 23.0 Å². The Bertz CT molecular complexity index is 838. The fourth-order valence-corrected chi connectivity index (χ4v) is 1.94. The van der Waals surface area contributed by atoms with E-state index in [9.17, 15) is 0 Å². The Morgan fingerprint density at radius 3 is 1.39 bits per heavy atom. The summed E-state index contributed by atoms with van der Waals surface area (Å²) in [5.41, 5.74) is 0.525. The number of hydrogen-bond donors (Lipinski definition) is 5. The van der Waals surface area contributed by atoms with E-state index in [0.29, 0.717) is 11.3 Å². The number of aromatic hydroxyl groups is 5. The van der Waals surface area contributed by atoms with Gasteiger partial charge in [0.2, 0.25) is 5.75 Å². The molecule has 7 heteroatoms. The van der Waals surface area contributed by atoms with Crippen LogP contribution in [0.1, 0.15) is 5.56 Å². The number of hydrogen-bond acceptors (Lipinski definition) is 7. The number of benzene rings is 3. The van der Waals surface area contributed by atoms with Crippen LogP contribution >= 0.6 is 0 Å². The molecule has 28 heavy (non-hydrogen) atoms. The maximum Gasteiger partial charge on any atom is 0.202 e. The van der Waals surface area contributed by atoms with E-state index in [0.717, 1.165) is 0 Å². The molecule has 7 nitrogen and oxygen atoms in total. The zero-order valence-corrected chi connectivity index (χ0v) is 15.8. The Labute approximate surface area is 163 Å². The van der Waals surface area contributed by atoms with Crippen LogP contribution in [0.5, 0.6) is 40.2 Å². The predicted octanol–water partition coefficient (Wildman–Crippen LogP) is 3.91. The Hall–Kier alpha value is -3.74. The van der Waals surface area contributed by atoms with Crippen LogP contribution in [0.2, 0.25) is 0 Å². The average molecular weight is 388 g/mol. The molecule has 0 saturated carbocycles. The molecule has 0 bridgehead atoms. The van der Waals surface area contributed by atoms with Crippen molar-refractivity contribution in [3.8, 4) is 40.2 Å². The Morgan fingerprint density at radius 2 is 1.07 bits per heavy atom. The molecule has 0 aromatic heterocycles. The SMILES string of the molecule is COc1c(O)cccc1O.COc1cccc(O)c1.Cc1c(O)cccc1O. The van der Waals surface area contributed by atoms with Gasteiger partial charge in [-0.05, 0) is 43.3 Å². The van der Waals surface area contributed by atoms with Crippen LogP contribution in [0.3, 0.4) is 0 Å². The maximum atomic E-state index is 9.01. The van der Waals surface area contributed by atoms with Gasteiger partial charge in [0.15, 0.2) is 11.5 Å². The zero-order valence-electron chi connectivity index (χ0n) is 15.8. The highest BCUT2D eigenvalue weighted by Gasteiger charge is 2.04. The van der Waals surface area contributed by atoms with Crippen LogP contribution in [0, 0.1) is 6.92 Å². The summed E-state index contributed by atoms with van der Waals surface area (Å²) in [5, 5.41) is 44.8. The molecular weight excluding hydrogens is 364 g/mol. The summed E-state index contributed by atoms with van der Waals surface area (Å²) >= 11 is 0. The van der Waals surface area contributed by atoms with Gasteiger partial charge in [0.05, 0.1) is 14.2 Å². The fourth-order valence-electron chi connectivity index (χ4n) is 1.94. The number of rotatable bonds is 2. The van der Waals surface area contributed by atoms with E-state index in [1.165, 1.54) is 37.4 Å². The summed E-state index contributed by atoms with van der Waals surface area (Å²) in [6.45, 7) is 1.66. The fraction of sp³-hybridized carbons (Fsp3) is 0.143. The van der Waals surface area contributed by atoms with Gasteiger partial charge >= 0.3 is 0 Å². The summed E-state index contributed by atoms with van der Waals surface area (Å²) in [5.74, 6) is 1.18. The lowest BCUT2D eigenvalue weighted by molar-refractivity contribution is 0.344. The molecule has 150 valence electrons. The molecular formula is C21H24O7. The van der Waals surface area contributed by atoms with E-state index in [1.54, 1.807) is 44.4 Å². The second-order valence-electron chi connectivity index (χ2n) is 5.45. The van der Waals surface area contributed by atoms with E-state index >= 15 is 0 Å². The molecule has 0 unspecified atom stereocenters. The lowest BCUT2D eigenvalue weighted by Crippen LogP contribution is -1.82. The minimum absolute atomic E-state index is 0.0532. The van der Waals surface area contributed by atoms with E-state index in [4.69, 9.17) is 30.3 Å². The van der Waals surface area contributed by atoms with Crippen molar-refractivity contribution in [2.45, 2.75) is 6.92 Å². The van der Waals surface area contributed by atoms with Gasteiger partial charge in [-0.1, -0.05) is 18.2 Å². The Kier molecular flexibility index (Phi) is 8.82. The van der Waals surface area contributed by atoms with Gasteiger partial charge in [0, 0.05) is 11.6 Å². The molecule has 0 amide bonds. The maximum absolute atomic E-state index is 9.01. The third-order valence-corrected chi connectivity index (χ3v) is 3.51. The molecule has 0 saturated heterocycles. The first-order chi connectivity index (χ1) is 13.3. The second kappa shape index (κ2) is 11.1. The van der Waals surface area contributed by atoms with Crippen molar-refractivity contribution in [1.82, 2.24) is 0 Å². The van der Waals surface area contributed by atoms with Crippen LogP contribution in [0.4, 0.5) is 0 Å². The number of phenolic OH excluding ortho intramolecular Hbond substituents is 5. The van der Waals surface area contributed by atoms with Gasteiger partial charge < -0.3 is 35.0 Å². The van der Waals surface area contributed by atoms with Crippen LogP contribution < -0.4 is 9.47 Å². The molecule has 0 heterocycles. The normalized spacial score (nSPS) is 9.25. The van der Waals surface area contributed by atoms with E-state index in [1.807, 2.05) is 0 Å². The van der Waals surface area contributed by atoms with E-state index in [-0.39, 0.29) is 34.5 Å². The van der Waals surface area contributed by atoms with Crippen LogP contribution in [-0.4, -0.2) is 39.8 Å². The second-order valence-corrected chi connectivity index (χ2v) is 5.45. The highest BCUT2D eigenvalue weighted by atomic mass is 16.5. The highest BCUT2D eigenvalue weighted by Crippen LogP contribution is 2.34. The molecule has 0 spiro atoms. The topological polar surface area (TPSA) is 120 Å². The lowest BCUT2D eigenvalue weighted by atomic mass is 10.2. The van der Waals surface area contributed by atoms with Crippen LogP contribution in [0.15, 0.2) is 60.7 Å². The average Bonchev–Trinajstić information content (AvgIpc) is 2.67. The first-order valence-electron chi connectivity index (χ1n) is 8.15. The lowest BCUT2D eigenvalue weighted by Gasteiger charge is -2.03. The Balaban J connectivity index is 0.000000210. The van der Waals surface area contributed by atoms with Crippen molar-refractivity contribution < 1.29 is 35.0 Å². The molecule has 0 aliphatic rings. The summed E-state index contributed by atoms with van der Waals surface area (Å²) < 4.78 is 9.51. The molecule has 0 aliphatic carbocycles. The first kappa shape index (κ1) is 22.3. The molecule has 0 fully saturated rings. The molecule has 5 N–H and O–H groups in total. The van der Waals surface area contributed by atoms with Gasteiger partial charge in [-0.25, -0.2) is 0 Å². The van der Waals surface area contributed by atoms with Gasteiger partial charge in [-0.15, -0.1) is 0 Å². The summed E-state index contributed by atoms with van der Waals surface area (Å²) in [6, 6.07) is 15.8. The van der Waals surface area contributed by atoms with E-state index < -0.39 is 0 Å². The number of ether oxygens (including phenoxy) is 2. The van der Waals surface area contributed by atoms with Crippen LogP contribution in [-0.2, 0) is 0 Å². The summed E-state index contributed by atoms with van der Waals surface area (Å²) in [7, 11) is 2.95. The minimum atomic E-state index is -0.0532. The zero-order chi connectivity index (χ0) is 21.1. The number of phenols is 5. The molecule has 3 rings (SSSR count). The minimum Gasteiger partial charge on any atom is -0.508 e. The van der Waals surface area contributed by atoms with Crippen molar-refractivity contribution >= 4 is 0 Å². The molecule has 0 aliphatic heterocycles. The molecule has 3 aromatic carbocycles. The monoisotopic (exact) mass is 388 g/mol. The highest BCUT2D eigenvalue weighted by molar-refractivity contribution is 5.49. The first-order valence-corrected chi connectivity index (χ1v) is 8.15. The molecule has 0 radical (unpaired) electrons. The van der Waals surface area contributed by atoms with Crippen molar-refractivity contribution in [1.29, 1.82) is 0 Å². The van der Waals surface area contributed by atoms with Gasteiger partial charge in [-0.3, -0.25) is 0 Å². The van der Waals surface area contributed by atoms with Gasteiger partial charge in [-0.2, -0.15) is 0 Å². The smallest absolute Gasteiger partial charge is 0.202 e. The van der Waals surface area contributed by atoms with Gasteiger partial charge in [0.25, 0.3) is 0 Å². The molecule has 3 aromatic rings. The third-order valence-electron chi connectivity index (χ3n) is 3.51. The molecule has 0 atom stereocenters. The summed E-state index contributed by atoms with van der Waals surface area (Å²) in [6.07, 6.45) is 0. The Morgan fingerprint density at radius 1 is 0.607 bits per heavy atom. The number of methoxy groups -OCH3 is 2. The largest absolute Gasteiger partial charge is 0.508 e. The quantitative estimate of drug-likeness (QED) is 0.451. The number of para-hydroxylation sites is 1. The van der Waals surface area contributed by atoms with Crippen molar-refractivity contribution in [3.63, 3.8) is 0 Å². The van der Waals surface area contributed by atoms with E-state index in [2.05, 4.69) is 4.74 Å².